The molecule has 0 aliphatic rings. The first-order valence-corrected chi connectivity index (χ1v) is 10.5. The van der Waals surface area contributed by atoms with Crippen molar-refractivity contribution >= 4 is 24.1 Å². The molecular formula is C25H22F6O6. The maximum atomic E-state index is 13.9. The molecule has 2 unspecified atom stereocenters. The lowest BCUT2D eigenvalue weighted by atomic mass is 9.91. The molecule has 0 fully saturated rings. The second-order valence-electron chi connectivity index (χ2n) is 7.85. The van der Waals surface area contributed by atoms with E-state index in [0.717, 1.165) is 12.1 Å². The number of alkyl halides is 6. The summed E-state index contributed by atoms with van der Waals surface area (Å²) in [6.07, 6.45) is -12.9. The third kappa shape index (κ3) is 7.43. The Morgan fingerprint density at radius 1 is 0.919 bits per heavy atom. The summed E-state index contributed by atoms with van der Waals surface area (Å²) >= 11 is 0. The van der Waals surface area contributed by atoms with Crippen molar-refractivity contribution in [1.82, 2.24) is 0 Å². The number of aliphatic hydroxyl groups is 2. The van der Waals surface area contributed by atoms with Gasteiger partial charge >= 0.3 is 24.3 Å². The molecule has 2 N–H and O–H groups in total. The summed E-state index contributed by atoms with van der Waals surface area (Å²) in [5.41, 5.74) is -3.38. The molecule has 0 radical (unpaired) electrons. The van der Waals surface area contributed by atoms with E-state index in [9.17, 15) is 41.0 Å². The molecule has 0 amide bonds. The normalized spacial score (nSPS) is 14.3. The van der Waals surface area contributed by atoms with Crippen LogP contribution in [0.15, 0.2) is 55.6 Å². The fraction of sp³-hybridized carbons (Fsp3) is 0.280. The highest BCUT2D eigenvalue weighted by Gasteiger charge is 2.60. The molecule has 37 heavy (non-hydrogen) atoms. The van der Waals surface area contributed by atoms with Crippen molar-refractivity contribution in [2.75, 3.05) is 0 Å². The lowest BCUT2D eigenvalue weighted by Gasteiger charge is -2.28. The van der Waals surface area contributed by atoms with Crippen LogP contribution in [0.4, 0.5) is 26.3 Å². The fourth-order valence-electron chi connectivity index (χ4n) is 3.17. The van der Waals surface area contributed by atoms with Crippen LogP contribution in [0.2, 0.25) is 0 Å². The fourth-order valence-corrected chi connectivity index (χ4v) is 3.17. The third-order valence-corrected chi connectivity index (χ3v) is 5.13. The van der Waals surface area contributed by atoms with Crippen LogP contribution >= 0.6 is 0 Å². The highest BCUT2D eigenvalue weighted by Crippen LogP contribution is 2.35. The van der Waals surface area contributed by atoms with E-state index >= 15 is 0 Å². The Morgan fingerprint density at radius 3 is 2.11 bits per heavy atom. The van der Waals surface area contributed by atoms with Crippen LogP contribution in [0.1, 0.15) is 27.8 Å². The highest BCUT2D eigenvalue weighted by molar-refractivity contribution is 5.81. The van der Waals surface area contributed by atoms with E-state index < -0.39 is 55.6 Å². The van der Waals surface area contributed by atoms with Crippen molar-refractivity contribution in [3.05, 3.63) is 83.4 Å². The molecule has 0 aromatic heterocycles. The van der Waals surface area contributed by atoms with E-state index in [-0.39, 0.29) is 16.7 Å². The summed E-state index contributed by atoms with van der Waals surface area (Å²) in [4.78, 5) is 23.9. The van der Waals surface area contributed by atoms with Gasteiger partial charge in [-0.1, -0.05) is 61.7 Å². The topological polar surface area (TPSA) is 93.1 Å². The highest BCUT2D eigenvalue weighted by atomic mass is 19.4. The zero-order valence-electron chi connectivity index (χ0n) is 19.1. The number of halogens is 6. The minimum atomic E-state index is -5.48. The molecule has 2 aromatic carbocycles. The van der Waals surface area contributed by atoms with Gasteiger partial charge in [-0.25, -0.2) is 9.59 Å². The SMILES string of the molecule is C=Cc1cc(COC(=O)C(O)C(F)(F)F)cc(CC(O)(C(=O)OCc2ccccc2C=C)C(F)(F)F)c1. The number of benzene rings is 2. The van der Waals surface area contributed by atoms with Gasteiger partial charge in [-0.2, -0.15) is 26.3 Å². The van der Waals surface area contributed by atoms with Gasteiger partial charge in [-0.05, 0) is 33.9 Å². The van der Waals surface area contributed by atoms with Gasteiger partial charge in [-0.15, -0.1) is 0 Å². The lowest BCUT2D eigenvalue weighted by Crippen LogP contribution is -2.54. The van der Waals surface area contributed by atoms with Crippen molar-refractivity contribution in [2.45, 2.75) is 43.7 Å². The Kier molecular flexibility index (Phi) is 9.28. The number of ether oxygens (including phenoxy) is 2. The first kappa shape index (κ1) is 29.6. The molecule has 0 aliphatic heterocycles. The van der Waals surface area contributed by atoms with Gasteiger partial charge in [0.2, 0.25) is 6.10 Å². The number of hydrogen-bond acceptors (Lipinski definition) is 6. The number of esters is 2. The summed E-state index contributed by atoms with van der Waals surface area (Å²) in [5.74, 6) is -4.00. The number of aliphatic hydroxyl groups excluding tert-OH is 1. The van der Waals surface area contributed by atoms with Crippen LogP contribution in [0.3, 0.4) is 0 Å². The molecule has 0 bridgehead atoms. The Balaban J connectivity index is 2.28. The lowest BCUT2D eigenvalue weighted by molar-refractivity contribution is -0.263. The van der Waals surface area contributed by atoms with Crippen molar-refractivity contribution < 1.29 is 55.6 Å². The Labute approximate surface area is 207 Å². The minimum Gasteiger partial charge on any atom is -0.459 e. The van der Waals surface area contributed by atoms with E-state index in [1.807, 2.05) is 0 Å². The second-order valence-corrected chi connectivity index (χ2v) is 7.85. The summed E-state index contributed by atoms with van der Waals surface area (Å²) in [6, 6.07) is 9.65. The molecule has 0 saturated carbocycles. The van der Waals surface area contributed by atoms with Crippen LogP contribution in [-0.2, 0) is 38.7 Å². The van der Waals surface area contributed by atoms with E-state index in [0.29, 0.717) is 11.1 Å². The number of carbonyl (C=O) groups excluding carboxylic acids is 2. The van der Waals surface area contributed by atoms with Gasteiger partial charge in [0.1, 0.15) is 13.2 Å². The van der Waals surface area contributed by atoms with Gasteiger partial charge in [0.25, 0.3) is 5.60 Å². The van der Waals surface area contributed by atoms with Crippen LogP contribution in [0.25, 0.3) is 12.2 Å². The zero-order valence-corrected chi connectivity index (χ0v) is 19.1. The third-order valence-electron chi connectivity index (χ3n) is 5.13. The molecule has 2 aromatic rings. The molecule has 6 nitrogen and oxygen atoms in total. The van der Waals surface area contributed by atoms with Crippen molar-refractivity contribution in [1.29, 1.82) is 0 Å². The quantitative estimate of drug-likeness (QED) is 0.346. The van der Waals surface area contributed by atoms with Crippen LogP contribution in [0.5, 0.6) is 0 Å². The van der Waals surface area contributed by atoms with Gasteiger partial charge < -0.3 is 19.7 Å². The molecule has 2 rings (SSSR count). The summed E-state index contributed by atoms with van der Waals surface area (Å²) in [6.45, 7) is 5.56. The first-order valence-electron chi connectivity index (χ1n) is 10.5. The zero-order chi connectivity index (χ0) is 28.0. The number of carbonyl (C=O) groups is 2. The van der Waals surface area contributed by atoms with Crippen molar-refractivity contribution in [3.8, 4) is 0 Å². The molecule has 2 atom stereocenters. The van der Waals surface area contributed by atoms with Gasteiger partial charge in [0.15, 0.2) is 0 Å². The molecule has 200 valence electrons. The monoisotopic (exact) mass is 532 g/mol. The molecular weight excluding hydrogens is 510 g/mol. The number of hydrogen-bond donors (Lipinski definition) is 2. The van der Waals surface area contributed by atoms with Crippen LogP contribution in [0, 0.1) is 0 Å². The van der Waals surface area contributed by atoms with Crippen molar-refractivity contribution in [2.24, 2.45) is 0 Å². The van der Waals surface area contributed by atoms with Gasteiger partial charge in [0.05, 0.1) is 0 Å². The van der Waals surface area contributed by atoms with E-state index in [4.69, 9.17) is 9.84 Å². The van der Waals surface area contributed by atoms with Gasteiger partial charge in [-0.3, -0.25) is 0 Å². The standard InChI is InChI=1S/C25H22F6O6/c1-3-15-9-16(11-17(10-15)13-36-21(33)20(32)24(26,27)28)12-23(35,25(29,30)31)22(34)37-14-19-8-6-5-7-18(19)4-2/h3-11,20,32,35H,1-2,12-14H2. The maximum Gasteiger partial charge on any atom is 0.428 e. The predicted octanol–water partition coefficient (Wildman–Crippen LogP) is 4.52. The summed E-state index contributed by atoms with van der Waals surface area (Å²) in [5, 5.41) is 19.3. The van der Waals surface area contributed by atoms with E-state index in [2.05, 4.69) is 17.9 Å². The molecule has 0 spiro atoms. The van der Waals surface area contributed by atoms with Gasteiger partial charge in [0, 0.05) is 6.42 Å². The first-order chi connectivity index (χ1) is 17.1. The molecule has 12 heteroatoms. The smallest absolute Gasteiger partial charge is 0.428 e. The van der Waals surface area contributed by atoms with E-state index in [1.54, 1.807) is 18.2 Å². The molecule has 0 heterocycles. The maximum absolute atomic E-state index is 13.9. The second kappa shape index (κ2) is 11.6. The molecule has 0 aliphatic carbocycles. The van der Waals surface area contributed by atoms with Crippen LogP contribution < -0.4 is 0 Å². The average Bonchev–Trinajstić information content (AvgIpc) is 2.83. The predicted molar refractivity (Wildman–Crippen MR) is 119 cm³/mol. The molecule has 0 saturated heterocycles. The minimum absolute atomic E-state index is 0.0899. The van der Waals surface area contributed by atoms with Crippen molar-refractivity contribution in [3.63, 3.8) is 0 Å². The average molecular weight is 532 g/mol. The van der Waals surface area contributed by atoms with E-state index in [1.165, 1.54) is 24.3 Å². The summed E-state index contributed by atoms with van der Waals surface area (Å²) < 4.78 is 88.1. The largest absolute Gasteiger partial charge is 0.459 e. The Bertz CT molecular complexity index is 1160. The van der Waals surface area contributed by atoms with Crippen LogP contribution in [-0.4, -0.2) is 46.2 Å². The summed E-state index contributed by atoms with van der Waals surface area (Å²) in [7, 11) is 0. The Hall–Kier alpha value is -3.64. The Morgan fingerprint density at radius 2 is 1.54 bits per heavy atom. The number of rotatable bonds is 10.